The maximum atomic E-state index is 13.2. The highest BCUT2D eigenvalue weighted by atomic mass is 32.2. The SMILES string of the molecule is CC(C)(C)OC(=O)N1[C@@H](CC2CCCCC2)[C@H](CCSc2ncccn2)OC1(C)C. The van der Waals surface area contributed by atoms with Gasteiger partial charge in [0.25, 0.3) is 0 Å². The summed E-state index contributed by atoms with van der Waals surface area (Å²) in [7, 11) is 0. The van der Waals surface area contributed by atoms with Gasteiger partial charge in [0.05, 0.1) is 12.1 Å². The van der Waals surface area contributed by atoms with E-state index in [1.807, 2.05) is 45.6 Å². The fourth-order valence-corrected chi connectivity index (χ4v) is 5.44. The topological polar surface area (TPSA) is 64.5 Å². The molecule has 1 aliphatic heterocycles. The van der Waals surface area contributed by atoms with E-state index in [4.69, 9.17) is 9.47 Å². The first-order chi connectivity index (χ1) is 14.2. The molecule has 1 aromatic heterocycles. The molecule has 0 N–H and O–H groups in total. The number of ether oxygens (including phenoxy) is 2. The van der Waals surface area contributed by atoms with Crippen molar-refractivity contribution in [3.05, 3.63) is 18.5 Å². The molecule has 1 saturated heterocycles. The minimum absolute atomic E-state index is 0.00865. The molecule has 2 aliphatic rings. The van der Waals surface area contributed by atoms with Gasteiger partial charge in [0.2, 0.25) is 0 Å². The van der Waals surface area contributed by atoms with Crippen molar-refractivity contribution in [1.82, 2.24) is 14.9 Å². The van der Waals surface area contributed by atoms with E-state index >= 15 is 0 Å². The highest BCUT2D eigenvalue weighted by Crippen LogP contribution is 2.40. The first-order valence-corrected chi connectivity index (χ1v) is 12.2. The Hall–Kier alpha value is -1.34. The van der Waals surface area contributed by atoms with E-state index in [1.165, 1.54) is 32.1 Å². The third kappa shape index (κ3) is 6.33. The van der Waals surface area contributed by atoms with Gasteiger partial charge in [-0.3, -0.25) is 4.90 Å². The van der Waals surface area contributed by atoms with Gasteiger partial charge in [-0.1, -0.05) is 43.9 Å². The predicted molar refractivity (Wildman–Crippen MR) is 119 cm³/mol. The molecule has 3 rings (SSSR count). The van der Waals surface area contributed by atoms with Gasteiger partial charge in [-0.25, -0.2) is 14.8 Å². The largest absolute Gasteiger partial charge is 0.444 e. The molecule has 1 aliphatic carbocycles. The summed E-state index contributed by atoms with van der Waals surface area (Å²) in [5.74, 6) is 1.51. The molecule has 1 saturated carbocycles. The Labute approximate surface area is 185 Å². The second-order valence-corrected chi connectivity index (χ2v) is 11.0. The number of carbonyl (C=O) groups is 1. The molecule has 1 amide bonds. The van der Waals surface area contributed by atoms with E-state index in [1.54, 1.807) is 24.2 Å². The molecule has 2 atom stereocenters. The molecule has 0 spiro atoms. The monoisotopic (exact) mass is 435 g/mol. The Morgan fingerprint density at radius 3 is 2.53 bits per heavy atom. The standard InChI is InChI=1S/C23H37N3O3S/c1-22(2,3)29-21(27)26-18(16-17-10-7-6-8-11-17)19(28-23(26,4)5)12-15-30-20-24-13-9-14-25-20/h9,13-14,17-19H,6-8,10-12,15-16H2,1-5H3/t18-,19-/m0/s1. The Kier molecular flexibility index (Phi) is 7.66. The normalized spacial score (nSPS) is 24.8. The molecule has 0 radical (unpaired) electrons. The van der Waals surface area contributed by atoms with Crippen LogP contribution in [-0.2, 0) is 9.47 Å². The quantitative estimate of drug-likeness (QED) is 0.424. The van der Waals surface area contributed by atoms with Crippen molar-refractivity contribution in [1.29, 1.82) is 0 Å². The van der Waals surface area contributed by atoms with Crippen LogP contribution in [-0.4, -0.2) is 50.2 Å². The van der Waals surface area contributed by atoms with Crippen molar-refractivity contribution < 1.29 is 14.3 Å². The lowest BCUT2D eigenvalue weighted by molar-refractivity contribution is -0.0790. The van der Waals surface area contributed by atoms with Crippen LogP contribution in [0.2, 0.25) is 0 Å². The first kappa shape index (κ1) is 23.3. The molecular weight excluding hydrogens is 398 g/mol. The molecule has 30 heavy (non-hydrogen) atoms. The number of carbonyl (C=O) groups excluding carboxylic acids is 1. The number of nitrogens with zero attached hydrogens (tertiary/aromatic N) is 3. The Morgan fingerprint density at radius 1 is 1.23 bits per heavy atom. The van der Waals surface area contributed by atoms with Crippen LogP contribution < -0.4 is 0 Å². The van der Waals surface area contributed by atoms with Crippen molar-refractivity contribution >= 4 is 17.9 Å². The summed E-state index contributed by atoms with van der Waals surface area (Å²) in [6, 6.07) is 1.86. The van der Waals surface area contributed by atoms with Crippen molar-refractivity contribution in [2.75, 3.05) is 5.75 Å². The average Bonchev–Trinajstić information content (AvgIpc) is 2.91. The van der Waals surface area contributed by atoms with Crippen LogP contribution in [0, 0.1) is 5.92 Å². The number of hydrogen-bond acceptors (Lipinski definition) is 6. The summed E-state index contributed by atoms with van der Waals surface area (Å²) in [4.78, 5) is 23.6. The number of rotatable bonds is 6. The molecule has 168 valence electrons. The highest BCUT2D eigenvalue weighted by molar-refractivity contribution is 7.99. The van der Waals surface area contributed by atoms with Crippen molar-refractivity contribution in [3.63, 3.8) is 0 Å². The molecule has 6 nitrogen and oxygen atoms in total. The number of aromatic nitrogens is 2. The highest BCUT2D eigenvalue weighted by Gasteiger charge is 2.51. The molecule has 2 fully saturated rings. The molecule has 7 heteroatoms. The summed E-state index contributed by atoms with van der Waals surface area (Å²) in [5, 5.41) is 0.780. The van der Waals surface area contributed by atoms with Crippen LogP contribution >= 0.6 is 11.8 Å². The fraction of sp³-hybridized carbons (Fsp3) is 0.783. The van der Waals surface area contributed by atoms with Gasteiger partial charge < -0.3 is 9.47 Å². The first-order valence-electron chi connectivity index (χ1n) is 11.3. The third-order valence-corrected chi connectivity index (χ3v) is 6.75. The lowest BCUT2D eigenvalue weighted by Gasteiger charge is -2.37. The third-order valence-electron chi connectivity index (χ3n) is 5.85. The van der Waals surface area contributed by atoms with Gasteiger partial charge in [-0.15, -0.1) is 0 Å². The van der Waals surface area contributed by atoms with Crippen molar-refractivity contribution in [3.8, 4) is 0 Å². The minimum atomic E-state index is -0.680. The number of hydrogen-bond donors (Lipinski definition) is 0. The Bertz CT molecular complexity index is 687. The molecule has 0 unspecified atom stereocenters. The lowest BCUT2D eigenvalue weighted by Crippen LogP contribution is -2.50. The minimum Gasteiger partial charge on any atom is -0.444 e. The van der Waals surface area contributed by atoms with E-state index in [9.17, 15) is 4.79 Å². The van der Waals surface area contributed by atoms with Crippen LogP contribution in [0.4, 0.5) is 4.79 Å². The van der Waals surface area contributed by atoms with Crippen molar-refractivity contribution in [2.24, 2.45) is 5.92 Å². The van der Waals surface area contributed by atoms with Gasteiger partial charge in [0, 0.05) is 18.1 Å². The summed E-state index contributed by atoms with van der Waals surface area (Å²) < 4.78 is 12.2. The van der Waals surface area contributed by atoms with Crippen LogP contribution in [0.25, 0.3) is 0 Å². The Morgan fingerprint density at radius 2 is 1.90 bits per heavy atom. The second kappa shape index (κ2) is 9.86. The van der Waals surface area contributed by atoms with Gasteiger partial charge >= 0.3 is 6.09 Å². The van der Waals surface area contributed by atoms with Gasteiger partial charge in [-0.2, -0.15) is 0 Å². The van der Waals surface area contributed by atoms with Gasteiger partial charge in [0.1, 0.15) is 11.3 Å². The van der Waals surface area contributed by atoms with E-state index in [0.717, 1.165) is 23.8 Å². The smallest absolute Gasteiger partial charge is 0.412 e. The predicted octanol–water partition coefficient (Wildman–Crippen LogP) is 5.67. The van der Waals surface area contributed by atoms with E-state index in [2.05, 4.69) is 9.97 Å². The second-order valence-electron chi connectivity index (χ2n) is 9.93. The van der Waals surface area contributed by atoms with E-state index in [0.29, 0.717) is 5.92 Å². The molecule has 0 bridgehead atoms. The maximum Gasteiger partial charge on any atom is 0.412 e. The molecule has 2 heterocycles. The fourth-order valence-electron chi connectivity index (χ4n) is 4.64. The lowest BCUT2D eigenvalue weighted by atomic mass is 9.83. The van der Waals surface area contributed by atoms with E-state index < -0.39 is 11.3 Å². The average molecular weight is 436 g/mol. The zero-order chi connectivity index (χ0) is 21.8. The van der Waals surface area contributed by atoms with Crippen LogP contribution in [0.15, 0.2) is 23.6 Å². The molecule has 1 aromatic rings. The molecule has 0 aromatic carbocycles. The van der Waals surface area contributed by atoms with Crippen LogP contribution in [0.5, 0.6) is 0 Å². The van der Waals surface area contributed by atoms with Crippen LogP contribution in [0.3, 0.4) is 0 Å². The molecular formula is C23H37N3O3S. The summed E-state index contributed by atoms with van der Waals surface area (Å²) >= 11 is 1.64. The van der Waals surface area contributed by atoms with Gasteiger partial charge in [-0.05, 0) is 59.4 Å². The number of amides is 1. The van der Waals surface area contributed by atoms with E-state index in [-0.39, 0.29) is 18.2 Å². The summed E-state index contributed by atoms with van der Waals surface area (Å²) in [5.41, 5.74) is -1.21. The number of thioether (sulfide) groups is 1. The van der Waals surface area contributed by atoms with Crippen LogP contribution in [0.1, 0.15) is 79.6 Å². The summed E-state index contributed by atoms with van der Waals surface area (Å²) in [6.07, 6.45) is 11.5. The summed E-state index contributed by atoms with van der Waals surface area (Å²) in [6.45, 7) is 9.72. The zero-order valence-electron chi connectivity index (χ0n) is 19.1. The van der Waals surface area contributed by atoms with Crippen molar-refractivity contribution in [2.45, 2.75) is 108 Å². The zero-order valence-corrected chi connectivity index (χ0v) is 19.9. The maximum absolute atomic E-state index is 13.2. The Balaban J connectivity index is 1.72. The van der Waals surface area contributed by atoms with Gasteiger partial charge in [0.15, 0.2) is 5.16 Å².